The molecule has 8 nitrogen and oxygen atoms in total. The SMILES string of the molecule is CC[C@H](O)Cn1c(CN2CCc3cc(C)c(OCc4c(F)cc(Cl)cc4F)nc3C2)nc2nc(C=NC)ccc21. The van der Waals surface area contributed by atoms with Crippen LogP contribution < -0.4 is 4.74 Å². The summed E-state index contributed by atoms with van der Waals surface area (Å²) in [5.74, 6) is -0.374. The van der Waals surface area contributed by atoms with Crippen LogP contribution in [-0.2, 0) is 32.7 Å². The van der Waals surface area contributed by atoms with Gasteiger partial charge in [0.05, 0.1) is 41.7 Å². The van der Waals surface area contributed by atoms with Crippen LogP contribution in [0.15, 0.2) is 35.3 Å². The predicted molar refractivity (Wildman–Crippen MR) is 150 cm³/mol. The average Bonchev–Trinajstić information content (AvgIpc) is 3.24. The minimum absolute atomic E-state index is 0.00862. The number of aromatic nitrogens is 4. The average molecular weight is 569 g/mol. The van der Waals surface area contributed by atoms with Gasteiger partial charge in [0.1, 0.15) is 24.1 Å². The Morgan fingerprint density at radius 1 is 1.18 bits per heavy atom. The molecule has 4 aromatic rings. The van der Waals surface area contributed by atoms with Crippen molar-refractivity contribution in [1.29, 1.82) is 0 Å². The van der Waals surface area contributed by atoms with Crippen LogP contribution in [0.3, 0.4) is 0 Å². The Bertz CT molecular complexity index is 1550. The lowest BCUT2D eigenvalue weighted by molar-refractivity contribution is 0.147. The fourth-order valence-corrected chi connectivity index (χ4v) is 5.07. The third-order valence-electron chi connectivity index (χ3n) is 7.07. The van der Waals surface area contributed by atoms with E-state index in [-0.39, 0.29) is 17.2 Å². The van der Waals surface area contributed by atoms with Crippen LogP contribution in [0.2, 0.25) is 5.02 Å². The number of aliphatic imine (C=N–C) groups is 1. The zero-order valence-electron chi connectivity index (χ0n) is 22.7. The molecule has 3 aromatic heterocycles. The first-order valence-corrected chi connectivity index (χ1v) is 13.6. The zero-order chi connectivity index (χ0) is 28.4. The topological polar surface area (TPSA) is 88.7 Å². The van der Waals surface area contributed by atoms with Crippen LogP contribution in [0.1, 0.15) is 47.2 Å². The number of pyridine rings is 2. The molecule has 1 N–H and O–H groups in total. The van der Waals surface area contributed by atoms with Gasteiger partial charge in [0.2, 0.25) is 5.88 Å². The molecule has 1 aliphatic rings. The van der Waals surface area contributed by atoms with Crippen LogP contribution in [0.5, 0.6) is 5.88 Å². The lowest BCUT2D eigenvalue weighted by atomic mass is 10.0. The third kappa shape index (κ3) is 5.99. The standard InChI is InChI=1S/C29H31ClF2N6O2/c1-4-21(39)13-38-26-6-5-20(12-33-3)34-28(26)36-27(38)15-37-8-7-18-9-17(2)29(35-25(18)14-37)40-16-22-23(31)10-19(30)11-24(22)32/h5-6,9-12,21,39H,4,7-8,13-16H2,1-3H3/t21-/m0/s1. The van der Waals surface area contributed by atoms with E-state index in [0.717, 1.165) is 59.0 Å². The summed E-state index contributed by atoms with van der Waals surface area (Å²) in [5.41, 5.74) is 4.76. The molecular weight excluding hydrogens is 538 g/mol. The normalized spacial score (nSPS) is 14.7. The number of ether oxygens (including phenoxy) is 1. The molecular formula is C29H31ClF2N6O2. The molecule has 0 saturated carbocycles. The second-order valence-corrected chi connectivity index (χ2v) is 10.4. The largest absolute Gasteiger partial charge is 0.472 e. The van der Waals surface area contributed by atoms with Gasteiger partial charge in [-0.1, -0.05) is 18.5 Å². The molecule has 1 aromatic carbocycles. The molecule has 0 spiro atoms. The van der Waals surface area contributed by atoms with E-state index in [1.165, 1.54) is 0 Å². The first-order valence-electron chi connectivity index (χ1n) is 13.2. The van der Waals surface area contributed by atoms with Gasteiger partial charge in [0.15, 0.2) is 5.65 Å². The van der Waals surface area contributed by atoms with Gasteiger partial charge in [-0.25, -0.2) is 23.7 Å². The van der Waals surface area contributed by atoms with Crippen LogP contribution in [0.4, 0.5) is 8.78 Å². The maximum absolute atomic E-state index is 14.3. The van der Waals surface area contributed by atoms with Gasteiger partial charge in [-0.3, -0.25) is 9.89 Å². The Balaban J connectivity index is 1.37. The molecule has 0 unspecified atom stereocenters. The molecule has 40 heavy (non-hydrogen) atoms. The molecule has 210 valence electrons. The number of fused-ring (bicyclic) bond motifs is 2. The highest BCUT2D eigenvalue weighted by atomic mass is 35.5. The number of nitrogens with zero attached hydrogens (tertiary/aromatic N) is 6. The molecule has 1 atom stereocenters. The molecule has 0 bridgehead atoms. The van der Waals surface area contributed by atoms with Gasteiger partial charge in [-0.15, -0.1) is 0 Å². The molecule has 5 rings (SSSR count). The number of benzene rings is 1. The highest BCUT2D eigenvalue weighted by molar-refractivity contribution is 6.30. The summed E-state index contributed by atoms with van der Waals surface area (Å²) in [6, 6.07) is 8.01. The number of imidazole rings is 1. The number of hydrogen-bond acceptors (Lipinski definition) is 7. The summed E-state index contributed by atoms with van der Waals surface area (Å²) in [5, 5.41) is 10.4. The van der Waals surface area contributed by atoms with E-state index in [1.54, 1.807) is 13.3 Å². The second-order valence-electron chi connectivity index (χ2n) is 9.98. The van der Waals surface area contributed by atoms with Gasteiger partial charge >= 0.3 is 0 Å². The number of aliphatic hydroxyl groups excluding tert-OH is 1. The second kappa shape index (κ2) is 12.0. The highest BCUT2D eigenvalue weighted by Crippen LogP contribution is 2.27. The van der Waals surface area contributed by atoms with Crippen molar-refractivity contribution in [3.8, 4) is 5.88 Å². The Morgan fingerprint density at radius 2 is 1.95 bits per heavy atom. The van der Waals surface area contributed by atoms with Crippen molar-refractivity contribution in [3.63, 3.8) is 0 Å². The van der Waals surface area contributed by atoms with E-state index in [2.05, 4.69) is 14.9 Å². The summed E-state index contributed by atoms with van der Waals surface area (Å²) in [6.07, 6.45) is 2.59. The molecule has 0 amide bonds. The van der Waals surface area contributed by atoms with Crippen molar-refractivity contribution in [2.75, 3.05) is 13.6 Å². The van der Waals surface area contributed by atoms with Gasteiger partial charge in [0.25, 0.3) is 0 Å². The fourth-order valence-electron chi connectivity index (χ4n) is 4.88. The summed E-state index contributed by atoms with van der Waals surface area (Å²) < 4.78 is 36.3. The minimum atomic E-state index is -0.758. The van der Waals surface area contributed by atoms with Crippen molar-refractivity contribution in [2.45, 2.75) is 59.0 Å². The molecule has 11 heteroatoms. The van der Waals surface area contributed by atoms with Crippen LogP contribution in [0, 0.1) is 18.6 Å². The van der Waals surface area contributed by atoms with E-state index in [0.29, 0.717) is 37.6 Å². The van der Waals surface area contributed by atoms with E-state index >= 15 is 0 Å². The van der Waals surface area contributed by atoms with Crippen molar-refractivity contribution in [3.05, 3.63) is 80.9 Å². The van der Waals surface area contributed by atoms with Gasteiger partial charge in [-0.2, -0.15) is 0 Å². The van der Waals surface area contributed by atoms with E-state index in [1.807, 2.05) is 36.6 Å². The molecule has 0 saturated heterocycles. The zero-order valence-corrected chi connectivity index (χ0v) is 23.4. The van der Waals surface area contributed by atoms with E-state index in [4.69, 9.17) is 26.3 Å². The molecule has 0 aliphatic carbocycles. The fraction of sp³-hybridized carbons (Fsp3) is 0.379. The molecule has 1 aliphatic heterocycles. The number of halogens is 3. The number of rotatable bonds is 9. The van der Waals surface area contributed by atoms with Gasteiger partial charge in [0, 0.05) is 36.9 Å². The monoisotopic (exact) mass is 568 g/mol. The van der Waals surface area contributed by atoms with E-state index < -0.39 is 17.7 Å². The maximum atomic E-state index is 14.3. The minimum Gasteiger partial charge on any atom is -0.472 e. The summed E-state index contributed by atoms with van der Waals surface area (Å²) in [7, 11) is 1.70. The van der Waals surface area contributed by atoms with Crippen molar-refractivity contribution in [2.24, 2.45) is 4.99 Å². The van der Waals surface area contributed by atoms with Crippen molar-refractivity contribution in [1.82, 2.24) is 24.4 Å². The van der Waals surface area contributed by atoms with E-state index in [9.17, 15) is 13.9 Å². The number of hydrogen-bond donors (Lipinski definition) is 1. The van der Waals surface area contributed by atoms with Crippen LogP contribution in [-0.4, -0.2) is 55.4 Å². The van der Waals surface area contributed by atoms with Crippen LogP contribution >= 0.6 is 11.6 Å². The maximum Gasteiger partial charge on any atom is 0.216 e. The summed E-state index contributed by atoms with van der Waals surface area (Å²) in [6.45, 7) is 5.83. The Hall–Kier alpha value is -3.47. The van der Waals surface area contributed by atoms with Crippen LogP contribution in [0.25, 0.3) is 11.2 Å². The first kappa shape index (κ1) is 28.1. The predicted octanol–water partition coefficient (Wildman–Crippen LogP) is 5.02. The summed E-state index contributed by atoms with van der Waals surface area (Å²) >= 11 is 5.74. The van der Waals surface area contributed by atoms with Crippen molar-refractivity contribution >= 4 is 29.0 Å². The number of aryl methyl sites for hydroxylation is 1. The number of aliphatic hydroxyl groups is 1. The van der Waals surface area contributed by atoms with Crippen molar-refractivity contribution < 1.29 is 18.6 Å². The molecule has 0 fully saturated rings. The quantitative estimate of drug-likeness (QED) is 0.285. The Labute approximate surface area is 236 Å². The molecule has 0 radical (unpaired) electrons. The summed E-state index contributed by atoms with van der Waals surface area (Å²) in [4.78, 5) is 20.4. The smallest absolute Gasteiger partial charge is 0.216 e. The lowest BCUT2D eigenvalue weighted by Gasteiger charge is -2.28. The third-order valence-corrected chi connectivity index (χ3v) is 7.29. The Kier molecular flexibility index (Phi) is 8.39. The first-order chi connectivity index (χ1) is 19.2. The highest BCUT2D eigenvalue weighted by Gasteiger charge is 2.23. The van der Waals surface area contributed by atoms with Gasteiger partial charge < -0.3 is 14.4 Å². The van der Waals surface area contributed by atoms with Gasteiger partial charge in [-0.05, 0) is 55.7 Å². The molecule has 4 heterocycles. The lowest BCUT2D eigenvalue weighted by Crippen LogP contribution is -2.32. The Morgan fingerprint density at radius 3 is 2.67 bits per heavy atom.